The lowest BCUT2D eigenvalue weighted by molar-refractivity contribution is -0.117. The van der Waals surface area contributed by atoms with E-state index in [1.807, 2.05) is 0 Å². The first-order valence-electron chi connectivity index (χ1n) is 5.05. The topological polar surface area (TPSA) is 17.1 Å². The fourth-order valence-electron chi connectivity index (χ4n) is 1.63. The molecule has 0 atom stereocenters. The van der Waals surface area contributed by atoms with Crippen molar-refractivity contribution in [3.8, 4) is 0 Å². The molecule has 1 nitrogen and oxygen atoms in total. The molecule has 0 N–H and O–H groups in total. The fourth-order valence-corrected chi connectivity index (χ4v) is 1.63. The van der Waals surface area contributed by atoms with Gasteiger partial charge in [-0.3, -0.25) is 4.79 Å². The largest absolute Gasteiger partial charge is 0.295 e. The molecular formula is C12H22O. The Kier molecular flexibility index (Phi) is 4.97. The van der Waals surface area contributed by atoms with Crippen molar-refractivity contribution >= 4 is 5.78 Å². The van der Waals surface area contributed by atoms with Crippen molar-refractivity contribution in [3.05, 3.63) is 12.2 Å². The van der Waals surface area contributed by atoms with Crippen LogP contribution in [0.15, 0.2) is 12.2 Å². The zero-order valence-electron chi connectivity index (χ0n) is 9.55. The molecule has 0 radical (unpaired) electrons. The second-order valence-corrected chi connectivity index (χ2v) is 4.56. The van der Waals surface area contributed by atoms with Crippen molar-refractivity contribution in [3.63, 3.8) is 0 Å². The van der Waals surface area contributed by atoms with Crippen LogP contribution in [-0.2, 0) is 4.79 Å². The summed E-state index contributed by atoms with van der Waals surface area (Å²) in [6.45, 7) is 14.2. The molecule has 0 aliphatic heterocycles. The van der Waals surface area contributed by atoms with Crippen molar-refractivity contribution in [2.45, 2.75) is 41.0 Å². The first-order valence-corrected chi connectivity index (χ1v) is 5.05. The molecular weight excluding hydrogens is 160 g/mol. The van der Waals surface area contributed by atoms with E-state index in [0.29, 0.717) is 29.7 Å². The Hall–Kier alpha value is -0.590. The van der Waals surface area contributed by atoms with E-state index in [0.717, 1.165) is 0 Å². The van der Waals surface area contributed by atoms with Gasteiger partial charge in [-0.15, -0.1) is 0 Å². The maximum absolute atomic E-state index is 11.5. The maximum atomic E-state index is 11.5. The number of carbonyl (C=O) groups excluding carboxylic acids is 1. The van der Waals surface area contributed by atoms with Gasteiger partial charge in [0.25, 0.3) is 0 Å². The number of rotatable bonds is 5. The molecule has 76 valence electrons. The Morgan fingerprint density at radius 2 is 1.54 bits per heavy atom. The van der Waals surface area contributed by atoms with Crippen molar-refractivity contribution in [2.24, 2.45) is 17.8 Å². The minimum atomic E-state index is 0.215. The van der Waals surface area contributed by atoms with E-state index in [4.69, 9.17) is 0 Å². The maximum Gasteiger partial charge on any atom is 0.158 e. The molecule has 0 unspecified atom stereocenters. The molecule has 0 spiro atoms. The quantitative estimate of drug-likeness (QED) is 0.595. The lowest BCUT2D eigenvalue weighted by atomic mass is 9.81. The summed E-state index contributed by atoms with van der Waals surface area (Å²) < 4.78 is 0. The second-order valence-electron chi connectivity index (χ2n) is 4.56. The van der Waals surface area contributed by atoms with Crippen molar-refractivity contribution in [1.29, 1.82) is 0 Å². The lowest BCUT2D eigenvalue weighted by Gasteiger charge is -2.23. The summed E-state index contributed by atoms with van der Waals surface area (Å²) in [6, 6.07) is 0. The Morgan fingerprint density at radius 3 is 1.77 bits per heavy atom. The molecule has 0 aromatic carbocycles. The predicted octanol–water partition coefficient (Wildman–Crippen LogP) is 3.45. The molecule has 0 aromatic heterocycles. The number of carbonyl (C=O) groups is 1. The smallest absolute Gasteiger partial charge is 0.158 e. The van der Waals surface area contributed by atoms with Gasteiger partial charge in [0.2, 0.25) is 0 Å². The van der Waals surface area contributed by atoms with Gasteiger partial charge in [-0.1, -0.05) is 34.3 Å². The summed E-state index contributed by atoms with van der Waals surface area (Å²) in [6.07, 6.45) is 0.657. The highest BCUT2D eigenvalue weighted by atomic mass is 16.1. The van der Waals surface area contributed by atoms with Gasteiger partial charge in [0.1, 0.15) is 0 Å². The number of Topliss-reactive ketones (excluding diaryl/α,β-unsaturated/α-hetero) is 1. The first-order chi connectivity index (χ1) is 5.86. The van der Waals surface area contributed by atoms with Crippen LogP contribution in [0.5, 0.6) is 0 Å². The molecule has 0 aliphatic carbocycles. The van der Waals surface area contributed by atoms with Gasteiger partial charge in [-0.25, -0.2) is 0 Å². The van der Waals surface area contributed by atoms with Gasteiger partial charge < -0.3 is 0 Å². The third-order valence-electron chi connectivity index (χ3n) is 2.61. The molecule has 1 heteroatoms. The van der Waals surface area contributed by atoms with Gasteiger partial charge in [0.05, 0.1) is 0 Å². The van der Waals surface area contributed by atoms with Crippen molar-refractivity contribution < 1.29 is 4.79 Å². The van der Waals surface area contributed by atoms with E-state index >= 15 is 0 Å². The third kappa shape index (κ3) is 4.25. The Morgan fingerprint density at radius 1 is 1.15 bits per heavy atom. The average molecular weight is 182 g/mol. The minimum absolute atomic E-state index is 0.215. The normalized spacial score (nSPS) is 11.4. The number of allylic oxidation sites excluding steroid dienone is 1. The SMILES string of the molecule is C=C(C)C(=O)CC(C(C)C)C(C)C. The third-order valence-corrected chi connectivity index (χ3v) is 2.61. The number of hydrogen-bond donors (Lipinski definition) is 0. The first kappa shape index (κ1) is 12.4. The highest BCUT2D eigenvalue weighted by molar-refractivity contribution is 5.94. The van der Waals surface area contributed by atoms with Crippen molar-refractivity contribution in [2.75, 3.05) is 0 Å². The van der Waals surface area contributed by atoms with E-state index in [1.165, 1.54) is 0 Å². The van der Waals surface area contributed by atoms with Crippen LogP contribution in [0.2, 0.25) is 0 Å². The van der Waals surface area contributed by atoms with Crippen LogP contribution in [0.3, 0.4) is 0 Å². The van der Waals surface area contributed by atoms with Gasteiger partial charge in [-0.2, -0.15) is 0 Å². The van der Waals surface area contributed by atoms with E-state index in [2.05, 4.69) is 34.3 Å². The number of hydrogen-bond acceptors (Lipinski definition) is 1. The molecule has 0 aromatic rings. The summed E-state index contributed by atoms with van der Waals surface area (Å²) in [5.74, 6) is 1.85. The molecule has 0 fully saturated rings. The van der Waals surface area contributed by atoms with Gasteiger partial charge in [-0.05, 0) is 30.3 Å². The molecule has 0 saturated carbocycles. The number of ketones is 1. The molecule has 0 aliphatic rings. The molecule has 13 heavy (non-hydrogen) atoms. The minimum Gasteiger partial charge on any atom is -0.295 e. The molecule has 0 heterocycles. The van der Waals surface area contributed by atoms with Crippen LogP contribution in [0.25, 0.3) is 0 Å². The predicted molar refractivity (Wildman–Crippen MR) is 57.6 cm³/mol. The standard InChI is InChI=1S/C12H22O/c1-8(2)11(9(3)4)7-12(13)10(5)6/h8-9,11H,5,7H2,1-4,6H3. The van der Waals surface area contributed by atoms with Crippen molar-refractivity contribution in [1.82, 2.24) is 0 Å². The molecule has 0 bridgehead atoms. The molecule has 0 saturated heterocycles. The highest BCUT2D eigenvalue weighted by Gasteiger charge is 2.20. The summed E-state index contributed by atoms with van der Waals surface area (Å²) in [5.41, 5.74) is 0.686. The van der Waals surface area contributed by atoms with E-state index in [1.54, 1.807) is 6.92 Å². The monoisotopic (exact) mass is 182 g/mol. The summed E-state index contributed by atoms with van der Waals surface area (Å²) in [7, 11) is 0. The van der Waals surface area contributed by atoms with E-state index < -0.39 is 0 Å². The van der Waals surface area contributed by atoms with Gasteiger partial charge >= 0.3 is 0 Å². The Labute approximate surface area is 82.2 Å². The lowest BCUT2D eigenvalue weighted by Crippen LogP contribution is -2.19. The second kappa shape index (κ2) is 5.21. The van der Waals surface area contributed by atoms with Gasteiger partial charge in [0, 0.05) is 6.42 Å². The highest BCUT2D eigenvalue weighted by Crippen LogP contribution is 2.25. The fraction of sp³-hybridized carbons (Fsp3) is 0.750. The van der Waals surface area contributed by atoms with E-state index in [-0.39, 0.29) is 5.78 Å². The Balaban J connectivity index is 4.27. The Bertz CT molecular complexity index is 181. The summed E-state index contributed by atoms with van der Waals surface area (Å²) >= 11 is 0. The zero-order chi connectivity index (χ0) is 10.6. The average Bonchev–Trinajstić information content (AvgIpc) is 1.97. The van der Waals surface area contributed by atoms with Crippen LogP contribution in [0.1, 0.15) is 41.0 Å². The summed E-state index contributed by atoms with van der Waals surface area (Å²) in [5, 5.41) is 0. The van der Waals surface area contributed by atoms with Crippen LogP contribution >= 0.6 is 0 Å². The van der Waals surface area contributed by atoms with Crippen LogP contribution in [0.4, 0.5) is 0 Å². The van der Waals surface area contributed by atoms with Crippen LogP contribution < -0.4 is 0 Å². The summed E-state index contributed by atoms with van der Waals surface area (Å²) in [4.78, 5) is 11.5. The van der Waals surface area contributed by atoms with Gasteiger partial charge in [0.15, 0.2) is 5.78 Å². The molecule has 0 amide bonds. The van der Waals surface area contributed by atoms with Crippen LogP contribution in [0, 0.1) is 17.8 Å². The van der Waals surface area contributed by atoms with Crippen LogP contribution in [-0.4, -0.2) is 5.78 Å². The van der Waals surface area contributed by atoms with E-state index in [9.17, 15) is 4.79 Å². The zero-order valence-corrected chi connectivity index (χ0v) is 9.55. The molecule has 0 rings (SSSR count).